The third-order valence-electron chi connectivity index (χ3n) is 5.93. The second kappa shape index (κ2) is 7.41. The fourth-order valence-corrected chi connectivity index (χ4v) is 4.68. The number of nitrogens with zero attached hydrogens (tertiary/aromatic N) is 2. The molecule has 4 rings (SSSR count). The Kier molecular flexibility index (Phi) is 5.00. The van der Waals surface area contributed by atoms with Crippen LogP contribution in [0.4, 0.5) is 0 Å². The van der Waals surface area contributed by atoms with Crippen molar-refractivity contribution in [3.63, 3.8) is 0 Å². The molecule has 1 amide bonds. The van der Waals surface area contributed by atoms with Crippen LogP contribution in [0.25, 0.3) is 11.0 Å². The summed E-state index contributed by atoms with van der Waals surface area (Å²) in [5, 5.41) is 10.3. The van der Waals surface area contributed by atoms with Crippen LogP contribution in [0, 0.1) is 5.41 Å². The molecule has 3 heterocycles. The van der Waals surface area contributed by atoms with E-state index in [1.807, 2.05) is 23.1 Å². The van der Waals surface area contributed by atoms with Crippen LogP contribution in [-0.4, -0.2) is 53.6 Å². The van der Waals surface area contributed by atoms with Crippen molar-refractivity contribution in [3.05, 3.63) is 36.1 Å². The van der Waals surface area contributed by atoms with E-state index < -0.39 is 0 Å². The Bertz CT molecular complexity index is 738. The topological polar surface area (TPSA) is 56.9 Å². The van der Waals surface area contributed by atoms with Crippen molar-refractivity contribution < 1.29 is 14.3 Å². The van der Waals surface area contributed by atoms with Crippen LogP contribution in [-0.2, 0) is 11.3 Å². The number of carbonyl (C=O) groups is 1. The number of rotatable bonds is 5. The molecule has 2 aliphatic heterocycles. The highest BCUT2D eigenvalue weighted by atomic mass is 16.3. The number of hydrogen-bond acceptors (Lipinski definition) is 4. The Balaban J connectivity index is 1.44. The van der Waals surface area contributed by atoms with Crippen molar-refractivity contribution >= 4 is 16.9 Å². The first-order valence-electron chi connectivity index (χ1n) is 9.76. The van der Waals surface area contributed by atoms with E-state index in [1.165, 1.54) is 12.8 Å². The van der Waals surface area contributed by atoms with Gasteiger partial charge in [-0.05, 0) is 44.4 Å². The van der Waals surface area contributed by atoms with E-state index in [-0.39, 0.29) is 17.9 Å². The minimum absolute atomic E-state index is 0.148. The van der Waals surface area contributed by atoms with Gasteiger partial charge in [-0.25, -0.2) is 0 Å². The van der Waals surface area contributed by atoms with Crippen molar-refractivity contribution in [2.45, 2.75) is 38.6 Å². The molecule has 1 N–H and O–H groups in total. The van der Waals surface area contributed by atoms with Crippen LogP contribution < -0.4 is 0 Å². The number of fused-ring (bicyclic) bond motifs is 1. The molecule has 5 heteroatoms. The predicted molar refractivity (Wildman–Crippen MR) is 101 cm³/mol. The summed E-state index contributed by atoms with van der Waals surface area (Å²) in [4.78, 5) is 16.7. The van der Waals surface area contributed by atoms with Gasteiger partial charge in [0, 0.05) is 43.5 Å². The van der Waals surface area contributed by atoms with E-state index in [4.69, 9.17) is 9.52 Å². The first-order valence-corrected chi connectivity index (χ1v) is 9.76. The van der Waals surface area contributed by atoms with Crippen molar-refractivity contribution in [2.24, 2.45) is 5.41 Å². The molecule has 0 radical (unpaired) electrons. The van der Waals surface area contributed by atoms with Crippen LogP contribution in [0.15, 0.2) is 34.7 Å². The molecule has 1 spiro atoms. The molecule has 0 bridgehead atoms. The number of piperidine rings is 2. The zero-order valence-electron chi connectivity index (χ0n) is 15.3. The Labute approximate surface area is 154 Å². The molecular weight excluding hydrogens is 328 g/mol. The van der Waals surface area contributed by atoms with Crippen LogP contribution in [0.2, 0.25) is 0 Å². The molecule has 2 fully saturated rings. The number of likely N-dealkylation sites (tertiary alicyclic amines) is 2. The zero-order chi connectivity index (χ0) is 18.0. The van der Waals surface area contributed by atoms with Crippen LogP contribution in [0.1, 0.15) is 37.9 Å². The predicted octanol–water partition coefficient (Wildman–Crippen LogP) is 3.02. The maximum absolute atomic E-state index is 12.2. The number of aliphatic hydroxyl groups excluding tert-OH is 1. The summed E-state index contributed by atoms with van der Waals surface area (Å²) in [7, 11) is 0. The minimum Gasteiger partial charge on any atom is -0.460 e. The zero-order valence-corrected chi connectivity index (χ0v) is 15.3. The molecule has 140 valence electrons. The summed E-state index contributed by atoms with van der Waals surface area (Å²) < 4.78 is 6.00. The highest BCUT2D eigenvalue weighted by Crippen LogP contribution is 2.39. The number of furan rings is 1. The first kappa shape index (κ1) is 17.6. The molecule has 0 unspecified atom stereocenters. The van der Waals surface area contributed by atoms with Crippen LogP contribution in [0.5, 0.6) is 0 Å². The largest absolute Gasteiger partial charge is 0.460 e. The Morgan fingerprint density at radius 1 is 1.19 bits per heavy atom. The summed E-state index contributed by atoms with van der Waals surface area (Å²) in [5.41, 5.74) is 1.15. The Hall–Kier alpha value is -1.85. The van der Waals surface area contributed by atoms with Gasteiger partial charge in [-0.15, -0.1) is 0 Å². The van der Waals surface area contributed by atoms with Gasteiger partial charge < -0.3 is 14.4 Å². The molecular formula is C21H28N2O3. The highest BCUT2D eigenvalue weighted by Gasteiger charge is 2.41. The molecule has 2 aliphatic rings. The molecule has 1 aromatic carbocycles. The lowest BCUT2D eigenvalue weighted by Crippen LogP contribution is -2.54. The van der Waals surface area contributed by atoms with Gasteiger partial charge in [0.2, 0.25) is 5.91 Å². The second-order valence-electron chi connectivity index (χ2n) is 7.96. The van der Waals surface area contributed by atoms with Gasteiger partial charge >= 0.3 is 0 Å². The quantitative estimate of drug-likeness (QED) is 0.895. The van der Waals surface area contributed by atoms with Gasteiger partial charge in [-0.1, -0.05) is 18.2 Å². The monoisotopic (exact) mass is 356 g/mol. The molecule has 0 saturated carbocycles. The molecule has 5 nitrogen and oxygen atoms in total. The average molecular weight is 356 g/mol. The maximum Gasteiger partial charge on any atom is 0.222 e. The minimum atomic E-state index is 0.148. The number of carbonyl (C=O) groups excluding carboxylic acids is 1. The molecule has 2 saturated heterocycles. The summed E-state index contributed by atoms with van der Waals surface area (Å²) in [5.74, 6) is 1.27. The van der Waals surface area contributed by atoms with E-state index in [0.29, 0.717) is 19.4 Å². The Morgan fingerprint density at radius 2 is 2.08 bits per heavy atom. The number of para-hydroxylation sites is 1. The van der Waals surface area contributed by atoms with Gasteiger partial charge in [-0.2, -0.15) is 0 Å². The van der Waals surface area contributed by atoms with Crippen LogP contribution in [0.3, 0.4) is 0 Å². The molecule has 0 aliphatic carbocycles. The van der Waals surface area contributed by atoms with Gasteiger partial charge in [0.15, 0.2) is 0 Å². The van der Waals surface area contributed by atoms with Gasteiger partial charge in [-0.3, -0.25) is 9.69 Å². The summed E-state index contributed by atoms with van der Waals surface area (Å²) in [6.45, 7) is 4.61. The number of amides is 1. The van der Waals surface area contributed by atoms with Crippen molar-refractivity contribution in [2.75, 3.05) is 32.8 Å². The average Bonchev–Trinajstić information content (AvgIpc) is 3.05. The third kappa shape index (κ3) is 3.64. The van der Waals surface area contributed by atoms with E-state index in [2.05, 4.69) is 17.0 Å². The second-order valence-corrected chi connectivity index (χ2v) is 7.96. The van der Waals surface area contributed by atoms with Crippen molar-refractivity contribution in [3.8, 4) is 0 Å². The normalized spacial score (nSPS) is 24.7. The fourth-order valence-electron chi connectivity index (χ4n) is 4.68. The van der Waals surface area contributed by atoms with E-state index in [0.717, 1.165) is 49.3 Å². The van der Waals surface area contributed by atoms with Crippen LogP contribution >= 0.6 is 0 Å². The van der Waals surface area contributed by atoms with E-state index in [1.54, 1.807) is 0 Å². The third-order valence-corrected chi connectivity index (χ3v) is 5.93. The lowest BCUT2D eigenvalue weighted by Gasteiger charge is -2.48. The fraction of sp³-hybridized carbons (Fsp3) is 0.571. The first-order chi connectivity index (χ1) is 12.7. The smallest absolute Gasteiger partial charge is 0.222 e. The van der Waals surface area contributed by atoms with Gasteiger partial charge in [0.25, 0.3) is 0 Å². The molecule has 1 aromatic heterocycles. The standard InChI is InChI=1S/C21H28N2O3/c24-12-4-11-23-16-21(9-7-20(23)25)8-3-10-22(15-21)14-18-13-17-5-1-2-6-19(17)26-18/h1-2,5-6,13,24H,3-4,7-12,14-16H2/t21-/m1/s1. The van der Waals surface area contributed by atoms with Gasteiger partial charge in [0.05, 0.1) is 6.54 Å². The SMILES string of the molecule is O=C1CC[C@@]2(CCCN(Cc3cc4ccccc4o3)C2)CN1CCCO. The van der Waals surface area contributed by atoms with Crippen molar-refractivity contribution in [1.29, 1.82) is 0 Å². The molecule has 2 aromatic rings. The van der Waals surface area contributed by atoms with Crippen molar-refractivity contribution in [1.82, 2.24) is 9.80 Å². The lowest BCUT2D eigenvalue weighted by molar-refractivity contribution is -0.139. The maximum atomic E-state index is 12.2. The Morgan fingerprint density at radius 3 is 2.92 bits per heavy atom. The summed E-state index contributed by atoms with van der Waals surface area (Å²) in [6.07, 6.45) is 4.65. The number of aliphatic hydroxyl groups is 1. The summed E-state index contributed by atoms with van der Waals surface area (Å²) >= 11 is 0. The highest BCUT2D eigenvalue weighted by molar-refractivity contribution is 5.78. The molecule has 1 atom stereocenters. The van der Waals surface area contributed by atoms with E-state index in [9.17, 15) is 4.79 Å². The number of hydrogen-bond donors (Lipinski definition) is 1. The number of benzene rings is 1. The summed E-state index contributed by atoms with van der Waals surface area (Å²) in [6, 6.07) is 10.3. The van der Waals surface area contributed by atoms with Gasteiger partial charge in [0.1, 0.15) is 11.3 Å². The lowest BCUT2D eigenvalue weighted by atomic mass is 9.73. The molecule has 26 heavy (non-hydrogen) atoms. The van der Waals surface area contributed by atoms with E-state index >= 15 is 0 Å².